The monoisotopic (exact) mass is 179 g/mol. The highest BCUT2D eigenvalue weighted by Crippen LogP contribution is 2.18. The third-order valence-electron chi connectivity index (χ3n) is 2.21. The van der Waals surface area contributed by atoms with Crippen LogP contribution in [0.4, 0.5) is 0 Å². The Bertz CT molecular complexity index is 260. The molecule has 0 bridgehead atoms. The number of benzene rings is 1. The number of methoxy groups -OCH3 is 1. The molecule has 1 aromatic carbocycles. The fraction of sp³-hybridized carbons (Fsp3) is 0.455. The van der Waals surface area contributed by atoms with Gasteiger partial charge in [0.1, 0.15) is 5.75 Å². The Balaban J connectivity index is 2.74. The Kier molecular flexibility index (Phi) is 3.77. The van der Waals surface area contributed by atoms with Crippen molar-refractivity contribution >= 4 is 0 Å². The van der Waals surface area contributed by atoms with Crippen molar-refractivity contribution in [1.82, 2.24) is 5.32 Å². The molecular formula is C11H17NO. The molecule has 0 aromatic heterocycles. The summed E-state index contributed by atoms with van der Waals surface area (Å²) >= 11 is 0. The van der Waals surface area contributed by atoms with Gasteiger partial charge in [0.2, 0.25) is 0 Å². The van der Waals surface area contributed by atoms with Crippen LogP contribution in [0.25, 0.3) is 0 Å². The van der Waals surface area contributed by atoms with Gasteiger partial charge in [0.05, 0.1) is 7.11 Å². The number of likely N-dealkylation sites (N-methyl/N-ethyl adjacent to an activating group) is 1. The summed E-state index contributed by atoms with van der Waals surface area (Å²) in [5.74, 6) is 0.976. The molecule has 0 saturated heterocycles. The molecule has 0 aliphatic heterocycles. The summed E-state index contributed by atoms with van der Waals surface area (Å²) in [6.07, 6.45) is 1.00. The number of hydrogen-bond acceptors (Lipinski definition) is 2. The number of hydrogen-bond donors (Lipinski definition) is 1. The van der Waals surface area contributed by atoms with Crippen LogP contribution in [-0.4, -0.2) is 20.2 Å². The molecule has 0 amide bonds. The maximum absolute atomic E-state index is 5.26. The van der Waals surface area contributed by atoms with E-state index in [-0.39, 0.29) is 0 Å². The molecule has 0 radical (unpaired) electrons. The molecule has 0 unspecified atom stereocenters. The Labute approximate surface area is 79.9 Å². The second-order valence-corrected chi connectivity index (χ2v) is 3.21. The summed E-state index contributed by atoms with van der Waals surface area (Å²) in [6, 6.07) is 8.62. The zero-order valence-electron chi connectivity index (χ0n) is 8.50. The van der Waals surface area contributed by atoms with Crippen LogP contribution in [0.3, 0.4) is 0 Å². The Morgan fingerprint density at radius 1 is 1.38 bits per heavy atom. The van der Waals surface area contributed by atoms with Crippen molar-refractivity contribution in [2.75, 3.05) is 14.2 Å². The van der Waals surface area contributed by atoms with E-state index in [1.165, 1.54) is 5.56 Å². The molecule has 2 heteroatoms. The van der Waals surface area contributed by atoms with Gasteiger partial charge in [-0.15, -0.1) is 0 Å². The molecule has 1 atom stereocenters. The van der Waals surface area contributed by atoms with E-state index in [2.05, 4.69) is 18.3 Å². The Morgan fingerprint density at radius 2 is 2.08 bits per heavy atom. The Morgan fingerprint density at radius 3 is 2.69 bits per heavy atom. The van der Waals surface area contributed by atoms with Crippen LogP contribution < -0.4 is 10.1 Å². The van der Waals surface area contributed by atoms with Crippen LogP contribution in [0.1, 0.15) is 12.5 Å². The molecule has 13 heavy (non-hydrogen) atoms. The summed E-state index contributed by atoms with van der Waals surface area (Å²) in [4.78, 5) is 0. The maximum atomic E-state index is 5.26. The van der Waals surface area contributed by atoms with Gasteiger partial charge in [0.15, 0.2) is 0 Å². The standard InChI is InChI=1S/C11H17NO/c1-9(12-2)8-10-6-4-5-7-11(10)13-3/h4-7,9,12H,8H2,1-3H3/t9-/m1/s1. The zero-order valence-corrected chi connectivity index (χ0v) is 8.50. The molecule has 0 aliphatic rings. The minimum absolute atomic E-state index is 0.483. The van der Waals surface area contributed by atoms with Gasteiger partial charge in [0.25, 0.3) is 0 Å². The summed E-state index contributed by atoms with van der Waals surface area (Å²) in [7, 11) is 3.68. The lowest BCUT2D eigenvalue weighted by molar-refractivity contribution is 0.407. The molecule has 0 fully saturated rings. The van der Waals surface area contributed by atoms with Gasteiger partial charge in [-0.1, -0.05) is 18.2 Å². The van der Waals surface area contributed by atoms with E-state index < -0.39 is 0 Å². The molecule has 72 valence electrons. The summed E-state index contributed by atoms with van der Waals surface area (Å²) < 4.78 is 5.26. The minimum Gasteiger partial charge on any atom is -0.496 e. The lowest BCUT2D eigenvalue weighted by Crippen LogP contribution is -2.23. The Hall–Kier alpha value is -1.02. The van der Waals surface area contributed by atoms with E-state index in [0.29, 0.717) is 6.04 Å². The van der Waals surface area contributed by atoms with Gasteiger partial charge in [0, 0.05) is 6.04 Å². The fourth-order valence-electron chi connectivity index (χ4n) is 1.30. The van der Waals surface area contributed by atoms with Crippen molar-refractivity contribution < 1.29 is 4.74 Å². The molecule has 1 rings (SSSR count). The second-order valence-electron chi connectivity index (χ2n) is 3.21. The largest absolute Gasteiger partial charge is 0.496 e. The average molecular weight is 179 g/mol. The molecule has 0 saturated carbocycles. The average Bonchev–Trinajstić information content (AvgIpc) is 2.18. The van der Waals surface area contributed by atoms with E-state index >= 15 is 0 Å². The van der Waals surface area contributed by atoms with E-state index in [1.54, 1.807) is 7.11 Å². The van der Waals surface area contributed by atoms with E-state index in [0.717, 1.165) is 12.2 Å². The third kappa shape index (κ3) is 2.74. The summed E-state index contributed by atoms with van der Waals surface area (Å²) in [6.45, 7) is 2.16. The molecular weight excluding hydrogens is 162 g/mol. The van der Waals surface area contributed by atoms with Crippen molar-refractivity contribution in [1.29, 1.82) is 0 Å². The smallest absolute Gasteiger partial charge is 0.122 e. The highest BCUT2D eigenvalue weighted by Gasteiger charge is 2.04. The zero-order chi connectivity index (χ0) is 9.68. The van der Waals surface area contributed by atoms with Crippen LogP contribution in [-0.2, 0) is 6.42 Å². The van der Waals surface area contributed by atoms with Crippen molar-refractivity contribution in [3.05, 3.63) is 29.8 Å². The summed E-state index contributed by atoms with van der Waals surface area (Å²) in [5, 5.41) is 3.21. The van der Waals surface area contributed by atoms with Crippen LogP contribution in [0.15, 0.2) is 24.3 Å². The minimum atomic E-state index is 0.483. The third-order valence-corrected chi connectivity index (χ3v) is 2.21. The van der Waals surface area contributed by atoms with Crippen molar-refractivity contribution in [3.8, 4) is 5.75 Å². The fourth-order valence-corrected chi connectivity index (χ4v) is 1.30. The second kappa shape index (κ2) is 4.87. The van der Waals surface area contributed by atoms with Gasteiger partial charge in [-0.2, -0.15) is 0 Å². The van der Waals surface area contributed by atoms with Gasteiger partial charge in [-0.25, -0.2) is 0 Å². The highest BCUT2D eigenvalue weighted by molar-refractivity contribution is 5.33. The van der Waals surface area contributed by atoms with Crippen LogP contribution >= 0.6 is 0 Å². The van der Waals surface area contributed by atoms with Gasteiger partial charge in [-0.3, -0.25) is 0 Å². The van der Waals surface area contributed by atoms with E-state index in [9.17, 15) is 0 Å². The summed E-state index contributed by atoms with van der Waals surface area (Å²) in [5.41, 5.74) is 1.26. The van der Waals surface area contributed by atoms with Crippen LogP contribution in [0, 0.1) is 0 Å². The van der Waals surface area contributed by atoms with Crippen LogP contribution in [0.2, 0.25) is 0 Å². The molecule has 0 aliphatic carbocycles. The first-order chi connectivity index (χ1) is 6.27. The first-order valence-corrected chi connectivity index (χ1v) is 4.57. The van der Waals surface area contributed by atoms with Crippen LogP contribution in [0.5, 0.6) is 5.75 Å². The number of ether oxygens (including phenoxy) is 1. The quantitative estimate of drug-likeness (QED) is 0.761. The lowest BCUT2D eigenvalue weighted by Gasteiger charge is -2.12. The predicted octanol–water partition coefficient (Wildman–Crippen LogP) is 1.85. The SMILES string of the molecule is CN[C@H](C)Cc1ccccc1OC. The van der Waals surface area contributed by atoms with E-state index in [4.69, 9.17) is 4.74 Å². The number of nitrogens with one attached hydrogen (secondary N) is 1. The molecule has 0 heterocycles. The van der Waals surface area contributed by atoms with Crippen molar-refractivity contribution in [2.45, 2.75) is 19.4 Å². The molecule has 1 aromatic rings. The van der Waals surface area contributed by atoms with Crippen molar-refractivity contribution in [2.24, 2.45) is 0 Å². The normalized spacial score (nSPS) is 12.5. The van der Waals surface area contributed by atoms with Gasteiger partial charge in [-0.05, 0) is 32.0 Å². The van der Waals surface area contributed by atoms with Crippen molar-refractivity contribution in [3.63, 3.8) is 0 Å². The number of rotatable bonds is 4. The topological polar surface area (TPSA) is 21.3 Å². The van der Waals surface area contributed by atoms with Gasteiger partial charge < -0.3 is 10.1 Å². The number of para-hydroxylation sites is 1. The first-order valence-electron chi connectivity index (χ1n) is 4.57. The molecule has 1 N–H and O–H groups in total. The lowest BCUT2D eigenvalue weighted by atomic mass is 10.1. The predicted molar refractivity (Wildman–Crippen MR) is 55.2 cm³/mol. The van der Waals surface area contributed by atoms with E-state index in [1.807, 2.05) is 25.2 Å². The molecule has 0 spiro atoms. The maximum Gasteiger partial charge on any atom is 0.122 e. The highest BCUT2D eigenvalue weighted by atomic mass is 16.5. The molecule has 2 nitrogen and oxygen atoms in total. The van der Waals surface area contributed by atoms with Gasteiger partial charge >= 0.3 is 0 Å². The first kappa shape index (κ1) is 10.1.